The van der Waals surface area contributed by atoms with Gasteiger partial charge in [-0.25, -0.2) is 4.79 Å². The molecular weight excluding hydrogens is 184 g/mol. The Balaban J connectivity index is 2.11. The molecule has 0 unspecified atom stereocenters. The highest BCUT2D eigenvalue weighted by Crippen LogP contribution is 2.05. The monoisotopic (exact) mass is 198 g/mol. The topological polar surface area (TPSA) is 63.5 Å². The van der Waals surface area contributed by atoms with Crippen molar-refractivity contribution in [1.29, 1.82) is 0 Å². The minimum Gasteiger partial charge on any atom is -0.449 e. The SMILES string of the molecule is COCCCNC(=O)Nc1ccco1. The molecule has 0 atom stereocenters. The molecule has 2 N–H and O–H groups in total. The quantitative estimate of drug-likeness (QED) is 0.703. The van der Waals surface area contributed by atoms with Crippen molar-refractivity contribution < 1.29 is 13.9 Å². The average Bonchev–Trinajstić information content (AvgIpc) is 2.65. The molecule has 5 heteroatoms. The van der Waals surface area contributed by atoms with Gasteiger partial charge < -0.3 is 14.5 Å². The summed E-state index contributed by atoms with van der Waals surface area (Å²) in [6.45, 7) is 1.22. The van der Waals surface area contributed by atoms with Gasteiger partial charge in [0, 0.05) is 26.3 Å². The number of urea groups is 1. The predicted octanol–water partition coefficient (Wildman–Crippen LogP) is 1.44. The summed E-state index contributed by atoms with van der Waals surface area (Å²) in [7, 11) is 1.63. The highest BCUT2D eigenvalue weighted by atomic mass is 16.5. The Morgan fingerprint density at radius 1 is 1.64 bits per heavy atom. The highest BCUT2D eigenvalue weighted by Gasteiger charge is 2.01. The Bertz CT molecular complexity index is 259. The summed E-state index contributed by atoms with van der Waals surface area (Å²) in [5.74, 6) is 0.439. The van der Waals surface area contributed by atoms with Crippen LogP contribution in [0.15, 0.2) is 22.8 Å². The Morgan fingerprint density at radius 3 is 3.14 bits per heavy atom. The highest BCUT2D eigenvalue weighted by molar-refractivity contribution is 5.87. The molecule has 2 amide bonds. The molecule has 0 aromatic carbocycles. The molecule has 14 heavy (non-hydrogen) atoms. The van der Waals surface area contributed by atoms with Crippen LogP contribution in [0.1, 0.15) is 6.42 Å². The van der Waals surface area contributed by atoms with Crippen molar-refractivity contribution in [3.8, 4) is 0 Å². The van der Waals surface area contributed by atoms with E-state index in [0.717, 1.165) is 6.42 Å². The van der Waals surface area contributed by atoms with Gasteiger partial charge in [-0.2, -0.15) is 0 Å². The van der Waals surface area contributed by atoms with Crippen LogP contribution < -0.4 is 10.6 Å². The van der Waals surface area contributed by atoms with Crippen LogP contribution in [0.4, 0.5) is 10.7 Å². The first-order valence-corrected chi connectivity index (χ1v) is 4.40. The van der Waals surface area contributed by atoms with E-state index >= 15 is 0 Å². The molecule has 0 radical (unpaired) electrons. The first-order chi connectivity index (χ1) is 6.83. The third kappa shape index (κ3) is 3.95. The minimum atomic E-state index is -0.268. The Morgan fingerprint density at radius 2 is 2.50 bits per heavy atom. The molecular formula is C9H14N2O3. The Hall–Kier alpha value is -1.49. The van der Waals surface area contributed by atoms with E-state index in [1.165, 1.54) is 6.26 Å². The first kappa shape index (κ1) is 10.6. The van der Waals surface area contributed by atoms with E-state index in [-0.39, 0.29) is 6.03 Å². The molecule has 0 aliphatic carbocycles. The molecule has 5 nitrogen and oxygen atoms in total. The van der Waals surface area contributed by atoms with E-state index in [0.29, 0.717) is 19.0 Å². The lowest BCUT2D eigenvalue weighted by Gasteiger charge is -2.04. The fourth-order valence-electron chi connectivity index (χ4n) is 0.924. The van der Waals surface area contributed by atoms with E-state index in [2.05, 4.69) is 10.6 Å². The number of methoxy groups -OCH3 is 1. The van der Waals surface area contributed by atoms with E-state index in [4.69, 9.17) is 9.15 Å². The smallest absolute Gasteiger partial charge is 0.321 e. The summed E-state index contributed by atoms with van der Waals surface area (Å²) < 4.78 is 9.77. The predicted molar refractivity (Wildman–Crippen MR) is 52.2 cm³/mol. The van der Waals surface area contributed by atoms with Crippen molar-refractivity contribution in [1.82, 2.24) is 5.32 Å². The van der Waals surface area contributed by atoms with Crippen LogP contribution in [0.2, 0.25) is 0 Å². The minimum absolute atomic E-state index is 0.268. The molecule has 1 heterocycles. The maximum atomic E-state index is 11.2. The number of hydrogen-bond donors (Lipinski definition) is 2. The largest absolute Gasteiger partial charge is 0.449 e. The van der Waals surface area contributed by atoms with Gasteiger partial charge in [-0.05, 0) is 12.5 Å². The van der Waals surface area contributed by atoms with Crippen LogP contribution in [0.5, 0.6) is 0 Å². The van der Waals surface area contributed by atoms with Gasteiger partial charge in [0.05, 0.1) is 6.26 Å². The van der Waals surface area contributed by atoms with Gasteiger partial charge in [0.15, 0.2) is 0 Å². The third-order valence-corrected chi connectivity index (χ3v) is 1.57. The van der Waals surface area contributed by atoms with Gasteiger partial charge >= 0.3 is 6.03 Å². The Kier molecular flexibility index (Phi) is 4.57. The molecule has 0 bridgehead atoms. The molecule has 78 valence electrons. The van der Waals surface area contributed by atoms with Gasteiger partial charge in [-0.3, -0.25) is 5.32 Å². The fraction of sp³-hybridized carbons (Fsp3) is 0.444. The normalized spacial score (nSPS) is 9.79. The number of anilines is 1. The number of furan rings is 1. The summed E-state index contributed by atoms with van der Waals surface area (Å²) in [6.07, 6.45) is 2.29. The summed E-state index contributed by atoms with van der Waals surface area (Å²) >= 11 is 0. The lowest BCUT2D eigenvalue weighted by molar-refractivity contribution is 0.194. The van der Waals surface area contributed by atoms with Crippen LogP contribution >= 0.6 is 0 Å². The van der Waals surface area contributed by atoms with E-state index in [1.54, 1.807) is 19.2 Å². The molecule has 0 aliphatic heterocycles. The second-order valence-electron chi connectivity index (χ2n) is 2.70. The Labute approximate surface area is 82.4 Å². The molecule has 0 fully saturated rings. The average molecular weight is 198 g/mol. The second-order valence-corrected chi connectivity index (χ2v) is 2.70. The van der Waals surface area contributed by atoms with Crippen molar-refractivity contribution in [2.24, 2.45) is 0 Å². The maximum Gasteiger partial charge on any atom is 0.321 e. The van der Waals surface area contributed by atoms with Crippen LogP contribution in [-0.4, -0.2) is 26.3 Å². The van der Waals surface area contributed by atoms with Gasteiger partial charge in [-0.15, -0.1) is 0 Å². The van der Waals surface area contributed by atoms with Gasteiger partial charge in [0.1, 0.15) is 0 Å². The zero-order valence-corrected chi connectivity index (χ0v) is 8.08. The molecule has 1 aromatic heterocycles. The van der Waals surface area contributed by atoms with Crippen LogP contribution in [0, 0.1) is 0 Å². The number of carbonyl (C=O) groups is 1. The standard InChI is InChI=1S/C9H14N2O3/c1-13-6-3-5-10-9(12)11-8-4-2-7-14-8/h2,4,7H,3,5-6H2,1H3,(H2,10,11,12). The lowest BCUT2D eigenvalue weighted by Crippen LogP contribution is -2.29. The van der Waals surface area contributed by atoms with Crippen LogP contribution in [0.3, 0.4) is 0 Å². The van der Waals surface area contributed by atoms with Crippen LogP contribution in [-0.2, 0) is 4.74 Å². The third-order valence-electron chi connectivity index (χ3n) is 1.57. The maximum absolute atomic E-state index is 11.2. The van der Waals surface area contributed by atoms with Crippen molar-refractivity contribution >= 4 is 11.9 Å². The molecule has 1 rings (SSSR count). The van der Waals surface area contributed by atoms with Crippen molar-refractivity contribution in [3.05, 3.63) is 18.4 Å². The molecule has 0 saturated heterocycles. The zero-order valence-electron chi connectivity index (χ0n) is 8.08. The van der Waals surface area contributed by atoms with Crippen molar-refractivity contribution in [2.45, 2.75) is 6.42 Å². The zero-order chi connectivity index (χ0) is 10.2. The number of carbonyl (C=O) groups excluding carboxylic acids is 1. The van der Waals surface area contributed by atoms with Gasteiger partial charge in [0.2, 0.25) is 5.88 Å². The molecule has 1 aromatic rings. The molecule has 0 aliphatic rings. The first-order valence-electron chi connectivity index (χ1n) is 4.40. The van der Waals surface area contributed by atoms with Gasteiger partial charge in [0.25, 0.3) is 0 Å². The fourth-order valence-corrected chi connectivity index (χ4v) is 0.924. The summed E-state index contributed by atoms with van der Waals surface area (Å²) in [5.41, 5.74) is 0. The number of amides is 2. The van der Waals surface area contributed by atoms with Crippen LogP contribution in [0.25, 0.3) is 0 Å². The number of hydrogen-bond acceptors (Lipinski definition) is 3. The molecule has 0 saturated carbocycles. The van der Waals surface area contributed by atoms with E-state index in [1.807, 2.05) is 0 Å². The summed E-state index contributed by atoms with van der Waals surface area (Å²) in [6, 6.07) is 3.12. The van der Waals surface area contributed by atoms with E-state index < -0.39 is 0 Å². The number of nitrogens with one attached hydrogen (secondary N) is 2. The van der Waals surface area contributed by atoms with Crippen molar-refractivity contribution in [2.75, 3.05) is 25.6 Å². The lowest BCUT2D eigenvalue weighted by atomic mass is 10.4. The van der Waals surface area contributed by atoms with E-state index in [9.17, 15) is 4.79 Å². The summed E-state index contributed by atoms with van der Waals surface area (Å²) in [5, 5.41) is 5.21. The number of rotatable bonds is 5. The number of ether oxygens (including phenoxy) is 1. The second kappa shape index (κ2) is 6.04. The summed E-state index contributed by atoms with van der Waals surface area (Å²) in [4.78, 5) is 11.2. The molecule has 0 spiro atoms. The van der Waals surface area contributed by atoms with Crippen molar-refractivity contribution in [3.63, 3.8) is 0 Å². The van der Waals surface area contributed by atoms with Gasteiger partial charge in [-0.1, -0.05) is 0 Å².